The van der Waals surface area contributed by atoms with Crippen molar-refractivity contribution < 1.29 is 4.92 Å². The summed E-state index contributed by atoms with van der Waals surface area (Å²) in [6, 6.07) is 2.86. The maximum absolute atomic E-state index is 10.5. The Kier molecular flexibility index (Phi) is 3.04. The molecule has 1 aromatic carbocycles. The number of hydrogen-bond donors (Lipinski definition) is 2. The molecule has 0 aliphatic carbocycles. The highest BCUT2D eigenvalue weighted by Crippen LogP contribution is 2.27. The van der Waals surface area contributed by atoms with Crippen LogP contribution in [0.1, 0.15) is 11.1 Å². The molecule has 0 radical (unpaired) electrons. The first-order chi connectivity index (χ1) is 6.45. The van der Waals surface area contributed by atoms with Crippen molar-refractivity contribution in [3.05, 3.63) is 33.4 Å². The summed E-state index contributed by atoms with van der Waals surface area (Å²) in [4.78, 5) is 10.1. The molecule has 0 amide bonds. The molecular weight excluding hydrogens is 297 g/mol. The third-order valence-electron chi connectivity index (χ3n) is 1.92. The molecule has 5 nitrogen and oxygen atoms in total. The number of nitrogen functional groups attached to an aromatic ring is 1. The summed E-state index contributed by atoms with van der Waals surface area (Å²) in [5.74, 6) is 0. The Bertz CT molecular complexity index is 378. The number of nitrogens with zero attached hydrogens (tertiary/aromatic N) is 1. The van der Waals surface area contributed by atoms with Crippen LogP contribution in [0.25, 0.3) is 0 Å². The molecule has 0 aromatic heterocycles. The number of benzene rings is 1. The van der Waals surface area contributed by atoms with Gasteiger partial charge in [0.2, 0.25) is 0 Å². The van der Waals surface area contributed by atoms with E-state index in [0.717, 1.165) is 0 Å². The van der Waals surface area contributed by atoms with Gasteiger partial charge in [-0.2, -0.15) is 0 Å². The van der Waals surface area contributed by atoms with Gasteiger partial charge < -0.3 is 5.73 Å². The quantitative estimate of drug-likeness (QED) is 0.288. The van der Waals surface area contributed by atoms with E-state index in [0.29, 0.717) is 16.8 Å². The zero-order chi connectivity index (χ0) is 10.9. The van der Waals surface area contributed by atoms with Crippen LogP contribution < -0.4 is 5.73 Å². The van der Waals surface area contributed by atoms with Crippen LogP contribution in [0.3, 0.4) is 0 Å². The van der Waals surface area contributed by atoms with E-state index in [-0.39, 0.29) is 9.41 Å². The minimum absolute atomic E-state index is 0.0103. The Labute approximate surface area is 94.1 Å². The minimum Gasteiger partial charge on any atom is -0.398 e. The van der Waals surface area contributed by atoms with Gasteiger partial charge in [-0.3, -0.25) is 15.5 Å². The monoisotopic (exact) mass is 305 g/mol. The Morgan fingerprint density at radius 3 is 2.64 bits per heavy atom. The van der Waals surface area contributed by atoms with Crippen molar-refractivity contribution in [2.45, 2.75) is 6.92 Å². The smallest absolute Gasteiger partial charge is 0.274 e. The van der Waals surface area contributed by atoms with Crippen molar-refractivity contribution in [2.75, 3.05) is 5.73 Å². The lowest BCUT2D eigenvalue weighted by Crippen LogP contribution is -2.02. The van der Waals surface area contributed by atoms with Crippen LogP contribution in [0.4, 0.5) is 11.4 Å². The molecule has 6 heteroatoms. The number of halogens is 1. The maximum atomic E-state index is 10.5. The third kappa shape index (κ3) is 1.84. The molecule has 0 bridgehead atoms. The van der Waals surface area contributed by atoms with Crippen molar-refractivity contribution in [2.24, 2.45) is 0 Å². The van der Waals surface area contributed by atoms with Crippen LogP contribution in [0.5, 0.6) is 0 Å². The number of nitrogens with one attached hydrogen (secondary N) is 1. The fourth-order valence-corrected chi connectivity index (χ4v) is 1.58. The van der Waals surface area contributed by atoms with Gasteiger partial charge in [0, 0.05) is 11.6 Å². The number of anilines is 1. The second kappa shape index (κ2) is 3.91. The minimum atomic E-state index is -0.480. The van der Waals surface area contributed by atoms with E-state index >= 15 is 0 Å². The summed E-state index contributed by atoms with van der Waals surface area (Å²) in [7, 11) is 0. The van der Waals surface area contributed by atoms with Crippen molar-refractivity contribution in [1.82, 2.24) is 0 Å². The van der Waals surface area contributed by atoms with Crippen LogP contribution in [0.15, 0.2) is 12.1 Å². The topological polar surface area (TPSA) is 93.0 Å². The van der Waals surface area contributed by atoms with Gasteiger partial charge in [-0.05, 0) is 35.6 Å². The van der Waals surface area contributed by atoms with Crippen LogP contribution in [-0.4, -0.2) is 8.64 Å². The summed E-state index contributed by atoms with van der Waals surface area (Å²) < 4.78 is 0.276. The van der Waals surface area contributed by atoms with Gasteiger partial charge in [0.25, 0.3) is 5.69 Å². The zero-order valence-electron chi connectivity index (χ0n) is 7.37. The Balaban J connectivity index is 3.41. The van der Waals surface area contributed by atoms with Crippen LogP contribution in [-0.2, 0) is 0 Å². The highest BCUT2D eigenvalue weighted by atomic mass is 127. The van der Waals surface area contributed by atoms with E-state index in [1.807, 2.05) is 22.6 Å². The maximum Gasteiger partial charge on any atom is 0.274 e. The number of rotatable bonds is 2. The molecule has 0 aliphatic heterocycles. The summed E-state index contributed by atoms with van der Waals surface area (Å²) in [5, 5.41) is 17.9. The van der Waals surface area contributed by atoms with Gasteiger partial charge >= 0.3 is 0 Å². The summed E-state index contributed by atoms with van der Waals surface area (Å²) in [6.07, 6.45) is 0. The molecule has 14 heavy (non-hydrogen) atoms. The molecule has 3 N–H and O–H groups in total. The SMILES string of the molecule is Cc1c([N+](=O)[O-])ccc(C(=N)I)c1N. The van der Waals surface area contributed by atoms with Gasteiger partial charge in [-0.15, -0.1) is 0 Å². The predicted octanol–water partition coefficient (Wildman–Crippen LogP) is 2.25. The Hall–Kier alpha value is -1.18. The number of hydrogen-bond acceptors (Lipinski definition) is 4. The number of nitro benzene ring substituents is 1. The van der Waals surface area contributed by atoms with E-state index in [9.17, 15) is 10.1 Å². The summed E-state index contributed by atoms with van der Waals surface area (Å²) >= 11 is 1.81. The van der Waals surface area contributed by atoms with Crippen LogP contribution >= 0.6 is 22.6 Å². The van der Waals surface area contributed by atoms with Gasteiger partial charge in [0.1, 0.15) is 3.72 Å². The molecule has 0 heterocycles. The molecule has 1 aromatic rings. The fourth-order valence-electron chi connectivity index (χ4n) is 1.11. The van der Waals surface area contributed by atoms with Gasteiger partial charge in [0.15, 0.2) is 0 Å². The fraction of sp³-hybridized carbons (Fsp3) is 0.125. The Morgan fingerprint density at radius 1 is 1.64 bits per heavy atom. The van der Waals surface area contributed by atoms with Crippen LogP contribution in [0.2, 0.25) is 0 Å². The number of nitrogens with two attached hydrogens (primary N) is 1. The van der Waals surface area contributed by atoms with Gasteiger partial charge in [0.05, 0.1) is 16.2 Å². The average molecular weight is 305 g/mol. The standard InChI is InChI=1S/C8H8IN3O2/c1-4-6(12(13)14)3-2-5(7(4)10)8(9)11/h2-3,11H,10H2,1H3. The van der Waals surface area contributed by atoms with Gasteiger partial charge in [-0.1, -0.05) is 0 Å². The van der Waals surface area contributed by atoms with Crippen molar-refractivity contribution in [3.63, 3.8) is 0 Å². The van der Waals surface area contributed by atoms with E-state index < -0.39 is 4.92 Å². The zero-order valence-corrected chi connectivity index (χ0v) is 9.53. The molecule has 74 valence electrons. The lowest BCUT2D eigenvalue weighted by Gasteiger charge is -2.06. The molecule has 0 fully saturated rings. The first-order valence-electron chi connectivity index (χ1n) is 3.73. The second-order valence-corrected chi connectivity index (χ2v) is 3.82. The molecule has 1 rings (SSSR count). The van der Waals surface area contributed by atoms with Crippen molar-refractivity contribution in [3.8, 4) is 0 Å². The van der Waals surface area contributed by atoms with E-state index in [1.165, 1.54) is 12.1 Å². The molecular formula is C8H8IN3O2. The summed E-state index contributed by atoms with van der Waals surface area (Å²) in [6.45, 7) is 1.58. The second-order valence-electron chi connectivity index (χ2n) is 2.74. The van der Waals surface area contributed by atoms with E-state index in [1.54, 1.807) is 6.92 Å². The first-order valence-corrected chi connectivity index (χ1v) is 4.81. The van der Waals surface area contributed by atoms with E-state index in [2.05, 4.69) is 0 Å². The van der Waals surface area contributed by atoms with Gasteiger partial charge in [-0.25, -0.2) is 0 Å². The lowest BCUT2D eigenvalue weighted by atomic mass is 10.1. The largest absolute Gasteiger partial charge is 0.398 e. The normalized spacial score (nSPS) is 9.86. The molecule has 0 aliphatic rings. The highest BCUT2D eigenvalue weighted by Gasteiger charge is 2.16. The van der Waals surface area contributed by atoms with Crippen LogP contribution in [0, 0.1) is 22.4 Å². The first kappa shape index (κ1) is 10.9. The van der Waals surface area contributed by atoms with Crippen molar-refractivity contribution >= 4 is 37.7 Å². The molecule has 0 spiro atoms. The van der Waals surface area contributed by atoms with Crippen molar-refractivity contribution in [1.29, 1.82) is 5.41 Å². The number of nitro groups is 1. The molecule has 0 saturated heterocycles. The third-order valence-corrected chi connectivity index (χ3v) is 2.50. The average Bonchev–Trinajstić information content (AvgIpc) is 2.08. The Morgan fingerprint density at radius 2 is 2.21 bits per heavy atom. The molecule has 0 atom stereocenters. The lowest BCUT2D eigenvalue weighted by molar-refractivity contribution is -0.385. The predicted molar refractivity (Wildman–Crippen MR) is 63.1 cm³/mol. The molecule has 0 unspecified atom stereocenters. The molecule has 0 saturated carbocycles. The summed E-state index contributed by atoms with van der Waals surface area (Å²) in [5.41, 5.74) is 6.91. The van der Waals surface area contributed by atoms with E-state index in [4.69, 9.17) is 11.1 Å². The highest BCUT2D eigenvalue weighted by molar-refractivity contribution is 14.1.